The van der Waals surface area contributed by atoms with E-state index in [2.05, 4.69) is 5.32 Å². The molecule has 1 atom stereocenters. The average molecular weight is 281 g/mol. The number of carbonyl (C=O) groups is 1. The van der Waals surface area contributed by atoms with Crippen LogP contribution in [0.1, 0.15) is 19.8 Å². The summed E-state index contributed by atoms with van der Waals surface area (Å²) in [5, 5.41) is 2.89. The van der Waals surface area contributed by atoms with Gasteiger partial charge in [0.1, 0.15) is 17.7 Å². The van der Waals surface area contributed by atoms with E-state index >= 15 is 0 Å². The molecule has 4 nitrogen and oxygen atoms in total. The molecule has 1 N–H and O–H groups in total. The monoisotopic (exact) mass is 281 g/mol. The molecule has 20 heavy (non-hydrogen) atoms. The van der Waals surface area contributed by atoms with E-state index in [1.807, 2.05) is 6.92 Å². The molecule has 2 rings (SSSR count). The Hall–Kier alpha value is -1.62. The zero-order valence-electron chi connectivity index (χ0n) is 11.6. The summed E-state index contributed by atoms with van der Waals surface area (Å²) >= 11 is 0. The Kier molecular flexibility index (Phi) is 5.35. The van der Waals surface area contributed by atoms with Crippen molar-refractivity contribution in [2.45, 2.75) is 25.9 Å². The van der Waals surface area contributed by atoms with Gasteiger partial charge in [0.15, 0.2) is 0 Å². The highest BCUT2D eigenvalue weighted by Crippen LogP contribution is 2.15. The maximum absolute atomic E-state index is 12.8. The van der Waals surface area contributed by atoms with Crippen molar-refractivity contribution in [1.29, 1.82) is 0 Å². The third-order valence-electron chi connectivity index (χ3n) is 3.31. The van der Waals surface area contributed by atoms with Crippen molar-refractivity contribution in [2.24, 2.45) is 5.92 Å². The van der Waals surface area contributed by atoms with Crippen molar-refractivity contribution in [2.75, 3.05) is 19.8 Å². The van der Waals surface area contributed by atoms with Crippen molar-refractivity contribution >= 4 is 5.91 Å². The Morgan fingerprint density at radius 2 is 2.05 bits per heavy atom. The smallest absolute Gasteiger partial charge is 0.223 e. The first kappa shape index (κ1) is 14.8. The highest BCUT2D eigenvalue weighted by molar-refractivity contribution is 5.78. The Bertz CT molecular complexity index is 429. The number of hydrogen-bond acceptors (Lipinski definition) is 3. The molecular formula is C15H20FNO3. The van der Waals surface area contributed by atoms with E-state index in [-0.39, 0.29) is 23.7 Å². The second-order valence-electron chi connectivity index (χ2n) is 5.01. The Morgan fingerprint density at radius 1 is 1.40 bits per heavy atom. The topological polar surface area (TPSA) is 47.6 Å². The number of hydrogen-bond donors (Lipinski definition) is 1. The van der Waals surface area contributed by atoms with E-state index in [0.717, 1.165) is 12.8 Å². The van der Waals surface area contributed by atoms with Gasteiger partial charge in [-0.1, -0.05) is 0 Å². The van der Waals surface area contributed by atoms with Crippen molar-refractivity contribution in [1.82, 2.24) is 5.32 Å². The fraction of sp³-hybridized carbons (Fsp3) is 0.533. The largest absolute Gasteiger partial charge is 0.489 e. The van der Waals surface area contributed by atoms with Gasteiger partial charge in [-0.15, -0.1) is 0 Å². The Balaban J connectivity index is 1.72. The van der Waals surface area contributed by atoms with Crippen LogP contribution in [-0.4, -0.2) is 31.8 Å². The SMILES string of the molecule is C[C@H](CNC(=O)C1CCOCC1)Oc1ccc(F)cc1. The molecule has 1 fully saturated rings. The standard InChI is InChI=1S/C15H20FNO3/c1-11(20-14-4-2-13(16)3-5-14)10-17-15(18)12-6-8-19-9-7-12/h2-5,11-12H,6-10H2,1H3,(H,17,18)/t11-/m1/s1. The summed E-state index contributed by atoms with van der Waals surface area (Å²) in [5.74, 6) is 0.404. The van der Waals surface area contributed by atoms with Gasteiger partial charge in [0, 0.05) is 19.1 Å². The first-order valence-electron chi connectivity index (χ1n) is 6.93. The molecule has 1 aromatic carbocycles. The van der Waals surface area contributed by atoms with Crippen LogP contribution in [-0.2, 0) is 9.53 Å². The van der Waals surface area contributed by atoms with Gasteiger partial charge in [-0.05, 0) is 44.0 Å². The van der Waals surface area contributed by atoms with Crippen LogP contribution < -0.4 is 10.1 Å². The van der Waals surface area contributed by atoms with Crippen LogP contribution in [0.5, 0.6) is 5.75 Å². The van der Waals surface area contributed by atoms with E-state index in [1.165, 1.54) is 12.1 Å². The van der Waals surface area contributed by atoms with Crippen LogP contribution in [0.15, 0.2) is 24.3 Å². The molecule has 0 aromatic heterocycles. The lowest BCUT2D eigenvalue weighted by molar-refractivity contribution is -0.128. The molecule has 1 aliphatic rings. The summed E-state index contributed by atoms with van der Waals surface area (Å²) in [6.07, 6.45) is 1.39. The molecule has 0 saturated carbocycles. The molecule has 5 heteroatoms. The lowest BCUT2D eigenvalue weighted by Crippen LogP contribution is -2.39. The maximum Gasteiger partial charge on any atom is 0.223 e. The summed E-state index contributed by atoms with van der Waals surface area (Å²) in [6, 6.07) is 5.85. The van der Waals surface area contributed by atoms with E-state index < -0.39 is 0 Å². The number of ether oxygens (including phenoxy) is 2. The number of rotatable bonds is 5. The molecule has 110 valence electrons. The van der Waals surface area contributed by atoms with Crippen molar-refractivity contribution in [3.63, 3.8) is 0 Å². The van der Waals surface area contributed by atoms with Crippen molar-refractivity contribution in [3.8, 4) is 5.75 Å². The quantitative estimate of drug-likeness (QED) is 0.899. The summed E-state index contributed by atoms with van der Waals surface area (Å²) < 4.78 is 23.6. The molecule has 0 spiro atoms. The van der Waals surface area contributed by atoms with Gasteiger partial charge in [-0.25, -0.2) is 4.39 Å². The normalized spacial score (nSPS) is 17.5. The molecule has 1 saturated heterocycles. The summed E-state index contributed by atoms with van der Waals surface area (Å²) in [7, 11) is 0. The van der Waals surface area contributed by atoms with E-state index in [0.29, 0.717) is 25.5 Å². The summed E-state index contributed by atoms with van der Waals surface area (Å²) in [5.41, 5.74) is 0. The molecule has 0 bridgehead atoms. The van der Waals surface area contributed by atoms with E-state index in [1.54, 1.807) is 12.1 Å². The third kappa shape index (κ3) is 4.49. The van der Waals surface area contributed by atoms with Gasteiger partial charge in [0.25, 0.3) is 0 Å². The maximum atomic E-state index is 12.8. The Labute approximate surface area is 118 Å². The predicted molar refractivity (Wildman–Crippen MR) is 73.0 cm³/mol. The van der Waals surface area contributed by atoms with Crippen LogP contribution in [0.4, 0.5) is 4.39 Å². The molecule has 1 heterocycles. The zero-order chi connectivity index (χ0) is 14.4. The van der Waals surface area contributed by atoms with Crippen molar-refractivity contribution < 1.29 is 18.7 Å². The van der Waals surface area contributed by atoms with Crippen LogP contribution >= 0.6 is 0 Å². The lowest BCUT2D eigenvalue weighted by Gasteiger charge is -2.22. The van der Waals surface area contributed by atoms with E-state index in [9.17, 15) is 9.18 Å². The minimum Gasteiger partial charge on any atom is -0.489 e. The summed E-state index contributed by atoms with van der Waals surface area (Å²) in [4.78, 5) is 11.9. The second kappa shape index (κ2) is 7.24. The van der Waals surface area contributed by atoms with Crippen LogP contribution in [0.25, 0.3) is 0 Å². The van der Waals surface area contributed by atoms with Gasteiger partial charge >= 0.3 is 0 Å². The summed E-state index contributed by atoms with van der Waals surface area (Å²) in [6.45, 7) is 3.61. The van der Waals surface area contributed by atoms with Crippen molar-refractivity contribution in [3.05, 3.63) is 30.1 Å². The minimum absolute atomic E-state index is 0.0433. The fourth-order valence-electron chi connectivity index (χ4n) is 2.14. The number of amides is 1. The minimum atomic E-state index is -0.294. The van der Waals surface area contributed by atoms with Gasteiger partial charge < -0.3 is 14.8 Å². The molecule has 0 radical (unpaired) electrons. The van der Waals surface area contributed by atoms with E-state index in [4.69, 9.17) is 9.47 Å². The lowest BCUT2D eigenvalue weighted by atomic mass is 9.99. The third-order valence-corrected chi connectivity index (χ3v) is 3.31. The van der Waals surface area contributed by atoms with Gasteiger partial charge in [-0.2, -0.15) is 0 Å². The first-order chi connectivity index (χ1) is 9.65. The predicted octanol–water partition coefficient (Wildman–Crippen LogP) is 2.14. The Morgan fingerprint density at radius 3 is 2.70 bits per heavy atom. The van der Waals surface area contributed by atoms with Crippen LogP contribution in [0.3, 0.4) is 0 Å². The zero-order valence-corrected chi connectivity index (χ0v) is 11.6. The van der Waals surface area contributed by atoms with Gasteiger partial charge in [0.05, 0.1) is 6.54 Å². The van der Waals surface area contributed by atoms with Gasteiger partial charge in [0.2, 0.25) is 5.91 Å². The molecule has 0 aliphatic carbocycles. The highest BCUT2D eigenvalue weighted by Gasteiger charge is 2.21. The fourth-order valence-corrected chi connectivity index (χ4v) is 2.14. The van der Waals surface area contributed by atoms with Gasteiger partial charge in [-0.3, -0.25) is 4.79 Å². The van der Waals surface area contributed by atoms with Crippen LogP contribution in [0.2, 0.25) is 0 Å². The molecule has 1 aromatic rings. The second-order valence-corrected chi connectivity index (χ2v) is 5.01. The molecule has 0 unspecified atom stereocenters. The number of carbonyl (C=O) groups excluding carboxylic acids is 1. The number of benzene rings is 1. The first-order valence-corrected chi connectivity index (χ1v) is 6.93. The van der Waals surface area contributed by atoms with Crippen LogP contribution in [0, 0.1) is 11.7 Å². The molecular weight excluding hydrogens is 261 g/mol. The average Bonchev–Trinajstić information content (AvgIpc) is 2.48. The molecule has 1 amide bonds. The number of halogens is 1. The molecule has 1 aliphatic heterocycles. The highest BCUT2D eigenvalue weighted by atomic mass is 19.1. The number of nitrogens with one attached hydrogen (secondary N) is 1.